The maximum atomic E-state index is 13.9. The molecule has 7 nitrogen and oxygen atoms in total. The van der Waals surface area contributed by atoms with Gasteiger partial charge in [0.25, 0.3) is 5.91 Å². The summed E-state index contributed by atoms with van der Waals surface area (Å²) in [6, 6.07) is 13.4. The van der Waals surface area contributed by atoms with Crippen LogP contribution in [0.5, 0.6) is 0 Å². The predicted molar refractivity (Wildman–Crippen MR) is 117 cm³/mol. The quantitative estimate of drug-likeness (QED) is 0.422. The molecule has 0 unspecified atom stereocenters. The third-order valence-electron chi connectivity index (χ3n) is 4.68. The molecular weight excluding hydrogens is 430 g/mol. The first kappa shape index (κ1) is 21.8. The normalized spacial score (nSPS) is 10.6. The Hall–Kier alpha value is -4.40. The molecule has 0 atom stereocenters. The van der Waals surface area contributed by atoms with Crippen LogP contribution in [0.15, 0.2) is 77.6 Å². The number of pyridine rings is 1. The van der Waals surface area contributed by atoms with Crippen molar-refractivity contribution >= 4 is 23.2 Å². The summed E-state index contributed by atoms with van der Waals surface area (Å²) >= 11 is 0. The molecule has 0 aliphatic carbocycles. The first-order valence-corrected chi connectivity index (χ1v) is 10.00. The highest BCUT2D eigenvalue weighted by molar-refractivity contribution is 6.04. The second kappa shape index (κ2) is 9.82. The van der Waals surface area contributed by atoms with Gasteiger partial charge in [0.05, 0.1) is 23.6 Å². The van der Waals surface area contributed by atoms with Crippen molar-refractivity contribution in [3.8, 4) is 11.3 Å². The SMILES string of the molecule is O=C(CCc1ncc(-c2c(F)cccc2F)o1)Nc1ccc(C(=O)Nc2cccnc2)cc1. The average Bonchev–Trinajstić information content (AvgIpc) is 3.27. The number of halogens is 2. The molecule has 2 aromatic heterocycles. The van der Waals surface area contributed by atoms with E-state index in [0.29, 0.717) is 16.9 Å². The topological polar surface area (TPSA) is 97.1 Å². The van der Waals surface area contributed by atoms with E-state index in [9.17, 15) is 18.4 Å². The summed E-state index contributed by atoms with van der Waals surface area (Å²) < 4.78 is 33.1. The molecule has 2 N–H and O–H groups in total. The van der Waals surface area contributed by atoms with Crippen molar-refractivity contribution in [2.24, 2.45) is 0 Å². The van der Waals surface area contributed by atoms with E-state index in [1.54, 1.807) is 42.6 Å². The number of amides is 2. The first-order chi connectivity index (χ1) is 16.0. The zero-order valence-electron chi connectivity index (χ0n) is 17.2. The molecule has 0 radical (unpaired) electrons. The van der Waals surface area contributed by atoms with Gasteiger partial charge in [-0.3, -0.25) is 14.6 Å². The Morgan fingerprint density at radius 1 is 0.879 bits per heavy atom. The second-order valence-electron chi connectivity index (χ2n) is 7.04. The Kier molecular flexibility index (Phi) is 6.49. The van der Waals surface area contributed by atoms with Crippen LogP contribution in [-0.2, 0) is 11.2 Å². The van der Waals surface area contributed by atoms with Gasteiger partial charge in [0, 0.05) is 30.3 Å². The number of carbonyl (C=O) groups is 2. The van der Waals surface area contributed by atoms with Gasteiger partial charge < -0.3 is 15.1 Å². The number of aromatic nitrogens is 2. The van der Waals surface area contributed by atoms with Crippen molar-refractivity contribution in [3.63, 3.8) is 0 Å². The van der Waals surface area contributed by atoms with Gasteiger partial charge in [-0.05, 0) is 48.5 Å². The van der Waals surface area contributed by atoms with E-state index < -0.39 is 11.6 Å². The standard InChI is InChI=1S/C24H18F2N4O3/c25-18-4-1-5-19(26)23(18)20-14-28-22(33-20)11-10-21(31)29-16-8-6-15(7-9-16)24(32)30-17-3-2-12-27-13-17/h1-9,12-14H,10-11H2,(H,29,31)(H,30,32). The van der Waals surface area contributed by atoms with Crippen molar-refractivity contribution in [1.82, 2.24) is 9.97 Å². The van der Waals surface area contributed by atoms with E-state index in [-0.39, 0.29) is 41.9 Å². The highest BCUT2D eigenvalue weighted by Gasteiger charge is 2.16. The van der Waals surface area contributed by atoms with Crippen molar-refractivity contribution in [1.29, 1.82) is 0 Å². The van der Waals surface area contributed by atoms with Crippen LogP contribution in [0.2, 0.25) is 0 Å². The summed E-state index contributed by atoms with van der Waals surface area (Å²) in [5.74, 6) is -1.97. The van der Waals surface area contributed by atoms with Crippen LogP contribution in [0, 0.1) is 11.6 Å². The molecule has 0 aliphatic heterocycles. The van der Waals surface area contributed by atoms with Gasteiger partial charge in [0.15, 0.2) is 11.7 Å². The van der Waals surface area contributed by atoms with Crippen molar-refractivity contribution < 1.29 is 22.8 Å². The van der Waals surface area contributed by atoms with E-state index in [4.69, 9.17) is 4.42 Å². The highest BCUT2D eigenvalue weighted by atomic mass is 19.1. The predicted octanol–water partition coefficient (Wildman–Crippen LogP) is 4.84. The second-order valence-corrected chi connectivity index (χ2v) is 7.04. The molecule has 2 heterocycles. The zero-order chi connectivity index (χ0) is 23.2. The van der Waals surface area contributed by atoms with Gasteiger partial charge in [-0.15, -0.1) is 0 Å². The lowest BCUT2D eigenvalue weighted by Gasteiger charge is -2.07. The fourth-order valence-electron chi connectivity index (χ4n) is 3.06. The van der Waals surface area contributed by atoms with E-state index in [2.05, 4.69) is 20.6 Å². The van der Waals surface area contributed by atoms with Crippen LogP contribution in [0.4, 0.5) is 20.2 Å². The zero-order valence-corrected chi connectivity index (χ0v) is 17.2. The van der Waals surface area contributed by atoms with Crippen LogP contribution in [0.1, 0.15) is 22.7 Å². The molecule has 33 heavy (non-hydrogen) atoms. The number of anilines is 2. The molecule has 166 valence electrons. The van der Waals surface area contributed by atoms with E-state index in [0.717, 1.165) is 12.1 Å². The summed E-state index contributed by atoms with van der Waals surface area (Å²) in [5, 5.41) is 5.44. The molecule has 0 fully saturated rings. The Balaban J connectivity index is 1.30. The third-order valence-corrected chi connectivity index (χ3v) is 4.68. The summed E-state index contributed by atoms with van der Waals surface area (Å²) in [5.41, 5.74) is 1.21. The Labute approximate surface area is 187 Å². The van der Waals surface area contributed by atoms with Gasteiger partial charge in [0.2, 0.25) is 5.91 Å². The van der Waals surface area contributed by atoms with Crippen LogP contribution < -0.4 is 10.6 Å². The Bertz CT molecular complexity index is 1250. The first-order valence-electron chi connectivity index (χ1n) is 10.00. The number of rotatable bonds is 7. The van der Waals surface area contributed by atoms with Crippen LogP contribution in [0.25, 0.3) is 11.3 Å². The largest absolute Gasteiger partial charge is 0.441 e. The fourth-order valence-corrected chi connectivity index (χ4v) is 3.06. The van der Waals surface area contributed by atoms with Crippen molar-refractivity contribution in [3.05, 3.63) is 96.3 Å². The maximum absolute atomic E-state index is 13.9. The number of carbonyl (C=O) groups excluding carboxylic acids is 2. The minimum atomic E-state index is -0.756. The number of hydrogen-bond acceptors (Lipinski definition) is 5. The lowest BCUT2D eigenvalue weighted by atomic mass is 10.1. The van der Waals surface area contributed by atoms with Crippen molar-refractivity contribution in [2.75, 3.05) is 10.6 Å². The van der Waals surface area contributed by atoms with Crippen LogP contribution in [0.3, 0.4) is 0 Å². The van der Waals surface area contributed by atoms with Crippen LogP contribution in [-0.4, -0.2) is 21.8 Å². The number of nitrogens with one attached hydrogen (secondary N) is 2. The summed E-state index contributed by atoms with van der Waals surface area (Å²) in [6.45, 7) is 0. The summed E-state index contributed by atoms with van der Waals surface area (Å²) in [6.07, 6.45) is 4.56. The van der Waals surface area contributed by atoms with Gasteiger partial charge in [-0.2, -0.15) is 0 Å². The van der Waals surface area contributed by atoms with Gasteiger partial charge in [-0.1, -0.05) is 6.07 Å². The van der Waals surface area contributed by atoms with Crippen LogP contribution >= 0.6 is 0 Å². The molecule has 2 amide bonds. The number of hydrogen-bond donors (Lipinski definition) is 2. The Morgan fingerprint density at radius 2 is 1.64 bits per heavy atom. The average molecular weight is 448 g/mol. The minimum absolute atomic E-state index is 0.0406. The van der Waals surface area contributed by atoms with Gasteiger partial charge >= 0.3 is 0 Å². The van der Waals surface area contributed by atoms with Gasteiger partial charge in [0.1, 0.15) is 11.6 Å². The summed E-state index contributed by atoms with van der Waals surface area (Å²) in [4.78, 5) is 32.4. The molecule has 0 aliphatic rings. The molecule has 0 bridgehead atoms. The molecule has 4 aromatic rings. The lowest BCUT2D eigenvalue weighted by molar-refractivity contribution is -0.116. The fraction of sp³-hybridized carbons (Fsp3) is 0.0833. The number of nitrogens with zero attached hydrogens (tertiary/aromatic N) is 2. The monoisotopic (exact) mass is 448 g/mol. The molecule has 0 saturated carbocycles. The molecular formula is C24H18F2N4O3. The number of oxazole rings is 1. The van der Waals surface area contributed by atoms with E-state index >= 15 is 0 Å². The number of aryl methyl sites for hydroxylation is 1. The maximum Gasteiger partial charge on any atom is 0.255 e. The Morgan fingerprint density at radius 3 is 2.33 bits per heavy atom. The molecule has 2 aromatic carbocycles. The molecule has 0 spiro atoms. The van der Waals surface area contributed by atoms with Crippen molar-refractivity contribution in [2.45, 2.75) is 12.8 Å². The van der Waals surface area contributed by atoms with Gasteiger partial charge in [-0.25, -0.2) is 13.8 Å². The third kappa shape index (κ3) is 5.45. The minimum Gasteiger partial charge on any atom is -0.441 e. The van der Waals surface area contributed by atoms with E-state index in [1.165, 1.54) is 18.5 Å². The molecule has 0 saturated heterocycles. The molecule has 4 rings (SSSR count). The van der Waals surface area contributed by atoms with E-state index in [1.807, 2.05) is 0 Å². The number of benzene rings is 2. The summed E-state index contributed by atoms with van der Waals surface area (Å²) in [7, 11) is 0. The molecule has 9 heteroatoms. The smallest absolute Gasteiger partial charge is 0.255 e. The lowest BCUT2D eigenvalue weighted by Crippen LogP contribution is -2.14. The highest BCUT2D eigenvalue weighted by Crippen LogP contribution is 2.26.